The summed E-state index contributed by atoms with van der Waals surface area (Å²) in [5.74, 6) is -0.625. The van der Waals surface area contributed by atoms with Crippen molar-refractivity contribution in [1.29, 1.82) is 0 Å². The SMILES string of the molecule is CC(=O)Nc1sc2c(c1C(=O)OCC(=O)NCc1ccco1)CCCC2. The highest BCUT2D eigenvalue weighted by Crippen LogP contribution is 2.38. The molecule has 138 valence electrons. The second kappa shape index (κ2) is 8.18. The van der Waals surface area contributed by atoms with E-state index in [2.05, 4.69) is 10.6 Å². The Morgan fingerprint density at radius 3 is 2.81 bits per heavy atom. The Bertz CT molecular complexity index is 810. The van der Waals surface area contributed by atoms with Crippen molar-refractivity contribution >= 4 is 34.1 Å². The molecule has 0 atom stereocenters. The van der Waals surface area contributed by atoms with Gasteiger partial charge in [-0.15, -0.1) is 11.3 Å². The van der Waals surface area contributed by atoms with Gasteiger partial charge in [-0.3, -0.25) is 9.59 Å². The van der Waals surface area contributed by atoms with Crippen molar-refractivity contribution in [3.8, 4) is 0 Å². The normalized spacial score (nSPS) is 13.0. The maximum Gasteiger partial charge on any atom is 0.341 e. The zero-order valence-corrected chi connectivity index (χ0v) is 15.2. The van der Waals surface area contributed by atoms with E-state index in [1.807, 2.05) is 0 Å². The topological polar surface area (TPSA) is 97.6 Å². The van der Waals surface area contributed by atoms with E-state index in [-0.39, 0.29) is 19.1 Å². The molecule has 8 heteroatoms. The van der Waals surface area contributed by atoms with Gasteiger partial charge in [-0.2, -0.15) is 0 Å². The first-order valence-electron chi connectivity index (χ1n) is 8.43. The van der Waals surface area contributed by atoms with E-state index in [4.69, 9.17) is 9.15 Å². The van der Waals surface area contributed by atoms with Crippen molar-refractivity contribution in [3.63, 3.8) is 0 Å². The minimum Gasteiger partial charge on any atom is -0.467 e. The van der Waals surface area contributed by atoms with Gasteiger partial charge in [0, 0.05) is 11.8 Å². The molecule has 2 aromatic rings. The molecule has 1 aliphatic rings. The van der Waals surface area contributed by atoms with Gasteiger partial charge < -0.3 is 19.8 Å². The quantitative estimate of drug-likeness (QED) is 0.756. The van der Waals surface area contributed by atoms with E-state index in [1.54, 1.807) is 12.1 Å². The van der Waals surface area contributed by atoms with Gasteiger partial charge in [-0.1, -0.05) is 0 Å². The highest BCUT2D eigenvalue weighted by Gasteiger charge is 2.27. The lowest BCUT2D eigenvalue weighted by Gasteiger charge is -2.12. The molecule has 0 fully saturated rings. The average molecular weight is 376 g/mol. The lowest BCUT2D eigenvalue weighted by atomic mass is 9.95. The Balaban J connectivity index is 1.64. The minimum absolute atomic E-state index is 0.231. The van der Waals surface area contributed by atoms with Gasteiger partial charge in [0.1, 0.15) is 10.8 Å². The van der Waals surface area contributed by atoms with Crippen LogP contribution in [-0.4, -0.2) is 24.4 Å². The third-order valence-electron chi connectivity index (χ3n) is 4.04. The van der Waals surface area contributed by atoms with Crippen LogP contribution in [-0.2, 0) is 33.7 Å². The maximum atomic E-state index is 12.6. The summed E-state index contributed by atoms with van der Waals surface area (Å²) in [6.07, 6.45) is 5.25. The summed E-state index contributed by atoms with van der Waals surface area (Å²) in [6, 6.07) is 3.47. The number of fused-ring (bicyclic) bond motifs is 1. The van der Waals surface area contributed by atoms with Crippen molar-refractivity contribution in [2.24, 2.45) is 0 Å². The third kappa shape index (κ3) is 4.32. The Kier molecular flexibility index (Phi) is 5.72. The van der Waals surface area contributed by atoms with Gasteiger partial charge in [-0.05, 0) is 43.4 Å². The number of thiophene rings is 1. The van der Waals surface area contributed by atoms with Crippen LogP contribution in [0.25, 0.3) is 0 Å². The first-order valence-corrected chi connectivity index (χ1v) is 9.24. The van der Waals surface area contributed by atoms with E-state index in [0.717, 1.165) is 36.1 Å². The van der Waals surface area contributed by atoms with Gasteiger partial charge >= 0.3 is 5.97 Å². The Morgan fingerprint density at radius 2 is 2.08 bits per heavy atom. The number of carbonyl (C=O) groups is 3. The summed E-state index contributed by atoms with van der Waals surface area (Å²) >= 11 is 1.42. The Hall–Kier alpha value is -2.61. The Labute approximate surface area is 154 Å². The van der Waals surface area contributed by atoms with E-state index in [9.17, 15) is 14.4 Å². The molecular formula is C18H20N2O5S. The number of hydrogen-bond donors (Lipinski definition) is 2. The molecule has 0 bridgehead atoms. The monoisotopic (exact) mass is 376 g/mol. The first kappa shape index (κ1) is 18.2. The summed E-state index contributed by atoms with van der Waals surface area (Å²) in [7, 11) is 0. The molecule has 0 radical (unpaired) electrons. The largest absolute Gasteiger partial charge is 0.467 e. The van der Waals surface area contributed by atoms with E-state index in [0.29, 0.717) is 16.3 Å². The second-order valence-electron chi connectivity index (χ2n) is 6.03. The Morgan fingerprint density at radius 1 is 1.27 bits per heavy atom. The van der Waals surface area contributed by atoms with Crippen LogP contribution in [0, 0.1) is 0 Å². The molecule has 0 aromatic carbocycles. The van der Waals surface area contributed by atoms with Crippen LogP contribution < -0.4 is 10.6 Å². The molecule has 3 rings (SSSR count). The molecule has 0 unspecified atom stereocenters. The zero-order valence-electron chi connectivity index (χ0n) is 14.4. The number of ether oxygens (including phenoxy) is 1. The van der Waals surface area contributed by atoms with Crippen molar-refractivity contribution in [2.75, 3.05) is 11.9 Å². The van der Waals surface area contributed by atoms with Gasteiger partial charge in [0.05, 0.1) is 18.4 Å². The first-order chi connectivity index (χ1) is 12.5. The smallest absolute Gasteiger partial charge is 0.341 e. The van der Waals surface area contributed by atoms with Crippen molar-refractivity contribution in [3.05, 3.63) is 40.2 Å². The van der Waals surface area contributed by atoms with Crippen LogP contribution in [0.5, 0.6) is 0 Å². The molecule has 7 nitrogen and oxygen atoms in total. The summed E-state index contributed by atoms with van der Waals surface area (Å²) in [5, 5.41) is 5.83. The number of nitrogens with one attached hydrogen (secondary N) is 2. The van der Waals surface area contributed by atoms with Crippen LogP contribution in [0.15, 0.2) is 22.8 Å². The molecule has 0 saturated carbocycles. The molecule has 0 aliphatic heterocycles. The number of anilines is 1. The molecule has 0 saturated heterocycles. The van der Waals surface area contributed by atoms with E-state index < -0.39 is 11.9 Å². The molecule has 2 aromatic heterocycles. The maximum absolute atomic E-state index is 12.6. The molecular weight excluding hydrogens is 356 g/mol. The summed E-state index contributed by atoms with van der Waals surface area (Å²) < 4.78 is 10.3. The van der Waals surface area contributed by atoms with Gasteiger partial charge in [-0.25, -0.2) is 4.79 Å². The van der Waals surface area contributed by atoms with Crippen molar-refractivity contribution in [1.82, 2.24) is 5.32 Å². The van der Waals surface area contributed by atoms with Crippen molar-refractivity contribution in [2.45, 2.75) is 39.2 Å². The zero-order chi connectivity index (χ0) is 18.5. The highest BCUT2D eigenvalue weighted by atomic mass is 32.1. The highest BCUT2D eigenvalue weighted by molar-refractivity contribution is 7.17. The van der Waals surface area contributed by atoms with Crippen LogP contribution in [0.4, 0.5) is 5.00 Å². The fourth-order valence-electron chi connectivity index (χ4n) is 2.88. The van der Waals surface area contributed by atoms with Gasteiger partial charge in [0.25, 0.3) is 5.91 Å². The van der Waals surface area contributed by atoms with Crippen molar-refractivity contribution < 1.29 is 23.5 Å². The standard InChI is InChI=1S/C18H20N2O5S/c1-11(21)20-17-16(13-6-2-3-7-14(13)26-17)18(23)25-10-15(22)19-9-12-5-4-8-24-12/h4-5,8H,2-3,6-7,9-10H2,1H3,(H,19,22)(H,20,21). The number of rotatable bonds is 6. The summed E-state index contributed by atoms with van der Waals surface area (Å²) in [6.45, 7) is 1.24. The van der Waals surface area contributed by atoms with Crippen LogP contribution in [0.3, 0.4) is 0 Å². The summed E-state index contributed by atoms with van der Waals surface area (Å²) in [4.78, 5) is 37.0. The van der Waals surface area contributed by atoms with E-state index >= 15 is 0 Å². The number of esters is 1. The number of carbonyl (C=O) groups excluding carboxylic acids is 3. The van der Waals surface area contributed by atoms with Crippen LogP contribution in [0.2, 0.25) is 0 Å². The predicted molar refractivity (Wildman–Crippen MR) is 96.1 cm³/mol. The third-order valence-corrected chi connectivity index (χ3v) is 5.25. The number of amides is 2. The minimum atomic E-state index is -0.582. The number of aryl methyl sites for hydroxylation is 1. The molecule has 26 heavy (non-hydrogen) atoms. The summed E-state index contributed by atoms with van der Waals surface area (Å²) in [5.41, 5.74) is 1.32. The number of hydrogen-bond acceptors (Lipinski definition) is 6. The predicted octanol–water partition coefficient (Wildman–Crippen LogP) is 2.65. The fourth-order valence-corrected chi connectivity index (χ4v) is 4.21. The fraction of sp³-hybridized carbons (Fsp3) is 0.389. The van der Waals surface area contributed by atoms with Gasteiger partial charge in [0.2, 0.25) is 5.91 Å². The second-order valence-corrected chi connectivity index (χ2v) is 7.13. The molecule has 0 spiro atoms. The van der Waals surface area contributed by atoms with Crippen LogP contribution in [0.1, 0.15) is 46.3 Å². The number of furan rings is 1. The lowest BCUT2D eigenvalue weighted by Crippen LogP contribution is -2.28. The van der Waals surface area contributed by atoms with Crippen LogP contribution >= 0.6 is 11.3 Å². The average Bonchev–Trinajstić information content (AvgIpc) is 3.24. The lowest BCUT2D eigenvalue weighted by molar-refractivity contribution is -0.124. The van der Waals surface area contributed by atoms with Gasteiger partial charge in [0.15, 0.2) is 6.61 Å². The molecule has 1 aliphatic carbocycles. The molecule has 2 N–H and O–H groups in total. The van der Waals surface area contributed by atoms with E-state index in [1.165, 1.54) is 24.5 Å². The molecule has 2 amide bonds. The molecule has 2 heterocycles.